The number of nitrogens with one attached hydrogen (secondary N) is 1. The predicted octanol–water partition coefficient (Wildman–Crippen LogP) is 14.2. The minimum atomic E-state index is 0.596. The fraction of sp³-hybridized carbons (Fsp3) is 0. The van der Waals surface area contributed by atoms with Crippen molar-refractivity contribution in [2.75, 3.05) is 5.32 Å². The van der Waals surface area contributed by atoms with E-state index >= 15 is 0 Å². The van der Waals surface area contributed by atoms with E-state index in [0.29, 0.717) is 17.5 Å². The number of anilines is 2. The highest BCUT2D eigenvalue weighted by atomic mass is 32.1. The summed E-state index contributed by atoms with van der Waals surface area (Å²) in [4.78, 5) is 14.7. The normalized spacial score (nSPS) is 11.5. The van der Waals surface area contributed by atoms with Crippen LogP contribution in [0.2, 0.25) is 0 Å². The van der Waals surface area contributed by atoms with Crippen LogP contribution in [-0.2, 0) is 0 Å². The molecule has 11 aromatic rings. The molecule has 5 nitrogen and oxygen atoms in total. The van der Waals surface area contributed by atoms with Gasteiger partial charge < -0.3 is 9.73 Å². The van der Waals surface area contributed by atoms with E-state index in [0.717, 1.165) is 55.6 Å². The van der Waals surface area contributed by atoms with Crippen LogP contribution in [0.3, 0.4) is 0 Å². The smallest absolute Gasteiger partial charge is 0.164 e. The second kappa shape index (κ2) is 13.7. The number of nitrogens with zero attached hydrogens (tertiary/aromatic N) is 3. The van der Waals surface area contributed by atoms with Crippen LogP contribution in [0.4, 0.5) is 11.4 Å². The molecule has 0 radical (unpaired) electrons. The molecule has 0 saturated carbocycles. The molecule has 0 fully saturated rings. The second-order valence-electron chi connectivity index (χ2n) is 14.1. The van der Waals surface area contributed by atoms with Crippen LogP contribution in [0.15, 0.2) is 192 Å². The standard InChI is InChI=1S/C51H32N4OS/c1-4-14-32(15-5-1)37-20-10-11-23-42(37)52-43-24-12-22-41-47-38(21-13-25-46(47)57-48(41)43)35-26-28-39-40-29-27-36(31-45(40)56-44(39)30-35)51-54-49(33-16-6-2-7-17-33)53-50(55-51)34-18-8-3-9-19-34/h1-31,52H. The third-order valence-electron chi connectivity index (χ3n) is 10.5. The first kappa shape index (κ1) is 33.0. The maximum Gasteiger partial charge on any atom is 0.164 e. The summed E-state index contributed by atoms with van der Waals surface area (Å²) in [6, 6.07) is 65.1. The number of benzene rings is 8. The van der Waals surface area contributed by atoms with Crippen molar-refractivity contribution in [2.45, 2.75) is 0 Å². The highest BCUT2D eigenvalue weighted by Crippen LogP contribution is 2.45. The van der Waals surface area contributed by atoms with Gasteiger partial charge in [0.25, 0.3) is 0 Å². The monoisotopic (exact) mass is 748 g/mol. The molecule has 0 spiro atoms. The van der Waals surface area contributed by atoms with Gasteiger partial charge in [0.2, 0.25) is 0 Å². The molecule has 0 aliphatic heterocycles. The zero-order valence-corrected chi connectivity index (χ0v) is 31.4. The molecule has 0 aliphatic carbocycles. The molecule has 3 heterocycles. The Morgan fingerprint density at radius 2 is 0.912 bits per heavy atom. The average molecular weight is 749 g/mol. The molecule has 11 rings (SSSR count). The summed E-state index contributed by atoms with van der Waals surface area (Å²) >= 11 is 1.82. The first-order valence-corrected chi connectivity index (χ1v) is 19.7. The summed E-state index contributed by atoms with van der Waals surface area (Å²) in [5, 5.41) is 8.38. The van der Waals surface area contributed by atoms with Gasteiger partial charge in [-0.1, -0.05) is 146 Å². The van der Waals surface area contributed by atoms with E-state index in [2.05, 4.69) is 127 Å². The van der Waals surface area contributed by atoms with Gasteiger partial charge in [-0.15, -0.1) is 11.3 Å². The Morgan fingerprint density at radius 1 is 0.386 bits per heavy atom. The number of furan rings is 1. The van der Waals surface area contributed by atoms with Gasteiger partial charge in [-0.25, -0.2) is 15.0 Å². The van der Waals surface area contributed by atoms with Gasteiger partial charge in [0.1, 0.15) is 11.2 Å². The fourth-order valence-corrected chi connectivity index (χ4v) is 9.01. The number of aromatic nitrogens is 3. The molecule has 3 aromatic heterocycles. The molecule has 6 heteroatoms. The number of hydrogen-bond acceptors (Lipinski definition) is 6. The average Bonchev–Trinajstić information content (AvgIpc) is 3.86. The van der Waals surface area contributed by atoms with Crippen molar-refractivity contribution in [3.05, 3.63) is 188 Å². The van der Waals surface area contributed by atoms with E-state index in [-0.39, 0.29) is 0 Å². The molecule has 0 bridgehead atoms. The summed E-state index contributed by atoms with van der Waals surface area (Å²) in [7, 11) is 0. The van der Waals surface area contributed by atoms with Gasteiger partial charge in [0.05, 0.1) is 10.4 Å². The van der Waals surface area contributed by atoms with E-state index in [1.165, 1.54) is 36.9 Å². The lowest BCUT2D eigenvalue weighted by molar-refractivity contribution is 0.669. The molecular formula is C51H32N4OS. The van der Waals surface area contributed by atoms with E-state index < -0.39 is 0 Å². The van der Waals surface area contributed by atoms with Crippen molar-refractivity contribution < 1.29 is 4.42 Å². The molecule has 57 heavy (non-hydrogen) atoms. The maximum atomic E-state index is 6.64. The van der Waals surface area contributed by atoms with Crippen molar-refractivity contribution in [3.63, 3.8) is 0 Å². The van der Waals surface area contributed by atoms with E-state index in [1.54, 1.807) is 0 Å². The third-order valence-corrected chi connectivity index (χ3v) is 11.7. The van der Waals surface area contributed by atoms with Crippen molar-refractivity contribution in [2.24, 2.45) is 0 Å². The summed E-state index contributed by atoms with van der Waals surface area (Å²) in [6.45, 7) is 0. The molecule has 0 amide bonds. The fourth-order valence-electron chi connectivity index (χ4n) is 7.81. The second-order valence-corrected chi connectivity index (χ2v) is 15.1. The Balaban J connectivity index is 0.986. The van der Waals surface area contributed by atoms with Gasteiger partial charge in [-0.3, -0.25) is 0 Å². The van der Waals surface area contributed by atoms with Gasteiger partial charge in [-0.2, -0.15) is 0 Å². The van der Waals surface area contributed by atoms with E-state index in [4.69, 9.17) is 19.4 Å². The molecule has 0 saturated heterocycles. The summed E-state index contributed by atoms with van der Waals surface area (Å²) in [5.41, 5.74) is 11.2. The highest BCUT2D eigenvalue weighted by Gasteiger charge is 2.18. The Hall–Kier alpha value is -7.41. The summed E-state index contributed by atoms with van der Waals surface area (Å²) in [6.07, 6.45) is 0. The van der Waals surface area contributed by atoms with Crippen LogP contribution < -0.4 is 5.32 Å². The number of fused-ring (bicyclic) bond motifs is 6. The van der Waals surface area contributed by atoms with Crippen molar-refractivity contribution >= 4 is 64.8 Å². The number of thiophene rings is 1. The Kier molecular flexibility index (Phi) is 7.93. The Labute approximate surface area is 332 Å². The number of para-hydroxylation sites is 1. The summed E-state index contributed by atoms with van der Waals surface area (Å²) < 4.78 is 9.11. The van der Waals surface area contributed by atoms with Gasteiger partial charge in [-0.05, 0) is 59.2 Å². The highest BCUT2D eigenvalue weighted by molar-refractivity contribution is 7.26. The minimum absolute atomic E-state index is 0.596. The lowest BCUT2D eigenvalue weighted by Crippen LogP contribution is -2.00. The third kappa shape index (κ3) is 5.91. The Bertz CT molecular complexity index is 3210. The predicted molar refractivity (Wildman–Crippen MR) is 237 cm³/mol. The van der Waals surface area contributed by atoms with Crippen LogP contribution in [0.25, 0.3) is 98.5 Å². The maximum absolute atomic E-state index is 6.64. The van der Waals surface area contributed by atoms with Crippen LogP contribution in [0, 0.1) is 0 Å². The SMILES string of the molecule is c1ccc(-c2nc(-c3ccccc3)nc(-c3ccc4c(c3)oc3cc(-c5cccc6sc7c(Nc8ccccc8-c8ccccc8)cccc7c56)ccc34)n2)cc1. The van der Waals surface area contributed by atoms with Crippen LogP contribution in [0.1, 0.15) is 0 Å². The summed E-state index contributed by atoms with van der Waals surface area (Å²) in [5.74, 6) is 1.85. The minimum Gasteiger partial charge on any atom is -0.456 e. The van der Waals surface area contributed by atoms with E-state index in [9.17, 15) is 0 Å². The molecule has 0 aliphatic rings. The van der Waals surface area contributed by atoms with Gasteiger partial charge in [0.15, 0.2) is 17.5 Å². The van der Waals surface area contributed by atoms with E-state index in [1.807, 2.05) is 78.1 Å². The van der Waals surface area contributed by atoms with Crippen molar-refractivity contribution in [1.82, 2.24) is 15.0 Å². The lowest BCUT2D eigenvalue weighted by atomic mass is 9.98. The first-order chi connectivity index (χ1) is 28.2. The molecule has 1 N–H and O–H groups in total. The molecule has 0 atom stereocenters. The van der Waals surface area contributed by atoms with Crippen LogP contribution >= 0.6 is 11.3 Å². The van der Waals surface area contributed by atoms with Crippen LogP contribution in [-0.4, -0.2) is 15.0 Å². The first-order valence-electron chi connectivity index (χ1n) is 18.9. The molecule has 268 valence electrons. The quantitative estimate of drug-likeness (QED) is 0.176. The molecule has 0 unspecified atom stereocenters. The van der Waals surface area contributed by atoms with Crippen molar-refractivity contribution in [1.29, 1.82) is 0 Å². The van der Waals surface area contributed by atoms with Crippen LogP contribution in [0.5, 0.6) is 0 Å². The van der Waals surface area contributed by atoms with Crippen molar-refractivity contribution in [3.8, 4) is 56.4 Å². The zero-order chi connectivity index (χ0) is 37.7. The van der Waals surface area contributed by atoms with Gasteiger partial charge >= 0.3 is 0 Å². The Morgan fingerprint density at radius 3 is 1.60 bits per heavy atom. The zero-order valence-electron chi connectivity index (χ0n) is 30.6. The molecule has 8 aromatic carbocycles. The molecular weight excluding hydrogens is 717 g/mol. The number of rotatable bonds is 7. The topological polar surface area (TPSA) is 63.8 Å². The largest absolute Gasteiger partial charge is 0.456 e. The lowest BCUT2D eigenvalue weighted by Gasteiger charge is -2.13. The number of hydrogen-bond donors (Lipinski definition) is 1. The van der Waals surface area contributed by atoms with Gasteiger partial charge in [0, 0.05) is 54.2 Å².